The first kappa shape index (κ1) is 12.5. The number of ether oxygens (including phenoxy) is 1. The van der Waals surface area contributed by atoms with Gasteiger partial charge in [0.2, 0.25) is 0 Å². The molecule has 17 heavy (non-hydrogen) atoms. The fourth-order valence-electron chi connectivity index (χ4n) is 2.95. The summed E-state index contributed by atoms with van der Waals surface area (Å²) >= 11 is 0. The van der Waals surface area contributed by atoms with E-state index in [0.29, 0.717) is 0 Å². The molecule has 3 heteroatoms. The molecule has 3 nitrogen and oxygen atoms in total. The molecule has 2 aliphatic carbocycles. The highest BCUT2D eigenvalue weighted by Gasteiger charge is 2.22. The maximum atomic E-state index is 11.6. The number of hydrogen-bond acceptors (Lipinski definition) is 3. The Hall–Kier alpha value is -0.990. The molecule has 0 aromatic carbocycles. The fraction of sp³-hybridized carbons (Fsp3) is 0.786. The number of rotatable bonds is 4. The molecule has 0 amide bonds. The molecule has 1 N–H and O–H groups in total. The largest absolute Gasteiger partial charge is 0.466 e. The first-order valence-electron chi connectivity index (χ1n) is 6.85. The van der Waals surface area contributed by atoms with Gasteiger partial charge >= 0.3 is 5.97 Å². The summed E-state index contributed by atoms with van der Waals surface area (Å²) in [6.07, 6.45) is 9.78. The Morgan fingerprint density at radius 1 is 1.24 bits per heavy atom. The SMILES string of the molecule is COC(=O)C1=C(NCC2CCCCC2)CCC1. The van der Waals surface area contributed by atoms with Crippen molar-refractivity contribution in [2.75, 3.05) is 13.7 Å². The second-order valence-corrected chi connectivity index (χ2v) is 5.19. The smallest absolute Gasteiger partial charge is 0.335 e. The van der Waals surface area contributed by atoms with E-state index in [9.17, 15) is 4.79 Å². The summed E-state index contributed by atoms with van der Waals surface area (Å²) in [6.45, 7) is 1.04. The molecule has 2 aliphatic rings. The third-order valence-electron chi connectivity index (χ3n) is 3.98. The Labute approximate surface area is 104 Å². The van der Waals surface area contributed by atoms with Crippen LogP contribution >= 0.6 is 0 Å². The molecule has 1 fully saturated rings. The van der Waals surface area contributed by atoms with Gasteiger partial charge in [0, 0.05) is 12.2 Å². The Kier molecular flexibility index (Phi) is 4.46. The molecule has 0 aromatic heterocycles. The minimum atomic E-state index is -0.145. The van der Waals surface area contributed by atoms with Gasteiger partial charge in [0.1, 0.15) is 0 Å². The maximum absolute atomic E-state index is 11.6. The van der Waals surface area contributed by atoms with E-state index in [1.807, 2.05) is 0 Å². The van der Waals surface area contributed by atoms with Gasteiger partial charge in [-0.05, 0) is 38.0 Å². The van der Waals surface area contributed by atoms with E-state index < -0.39 is 0 Å². The minimum Gasteiger partial charge on any atom is -0.466 e. The van der Waals surface area contributed by atoms with Crippen LogP contribution in [0.15, 0.2) is 11.3 Å². The number of methoxy groups -OCH3 is 1. The van der Waals surface area contributed by atoms with Crippen molar-refractivity contribution in [3.8, 4) is 0 Å². The summed E-state index contributed by atoms with van der Waals surface area (Å²) in [4.78, 5) is 11.6. The molecule has 2 rings (SSSR count). The molecular formula is C14H23NO2. The molecule has 0 saturated heterocycles. The van der Waals surface area contributed by atoms with Crippen LogP contribution in [0.2, 0.25) is 0 Å². The number of nitrogens with one attached hydrogen (secondary N) is 1. The molecule has 0 bridgehead atoms. The predicted molar refractivity (Wildman–Crippen MR) is 67.5 cm³/mol. The summed E-state index contributed by atoms with van der Waals surface area (Å²) in [5.74, 6) is 0.657. The number of carbonyl (C=O) groups is 1. The Bertz CT molecular complexity index is 303. The highest BCUT2D eigenvalue weighted by atomic mass is 16.5. The van der Waals surface area contributed by atoms with Crippen molar-refractivity contribution in [1.82, 2.24) is 5.32 Å². The second-order valence-electron chi connectivity index (χ2n) is 5.19. The number of hydrogen-bond donors (Lipinski definition) is 1. The number of allylic oxidation sites excluding steroid dienone is 1. The summed E-state index contributed by atoms with van der Waals surface area (Å²) in [6, 6.07) is 0. The lowest BCUT2D eigenvalue weighted by molar-refractivity contribution is -0.136. The van der Waals surface area contributed by atoms with Crippen LogP contribution in [0, 0.1) is 5.92 Å². The molecule has 0 aromatic rings. The van der Waals surface area contributed by atoms with Crippen molar-refractivity contribution in [2.45, 2.75) is 51.4 Å². The zero-order valence-corrected chi connectivity index (χ0v) is 10.8. The van der Waals surface area contributed by atoms with Crippen molar-refractivity contribution < 1.29 is 9.53 Å². The van der Waals surface area contributed by atoms with E-state index in [2.05, 4.69) is 5.32 Å². The third kappa shape index (κ3) is 3.24. The number of esters is 1. The molecule has 0 radical (unpaired) electrons. The van der Waals surface area contributed by atoms with Gasteiger partial charge in [0.05, 0.1) is 12.7 Å². The zero-order chi connectivity index (χ0) is 12.1. The van der Waals surface area contributed by atoms with Gasteiger partial charge in [-0.15, -0.1) is 0 Å². The molecule has 0 atom stereocenters. The van der Waals surface area contributed by atoms with Gasteiger partial charge in [-0.2, -0.15) is 0 Å². The van der Waals surface area contributed by atoms with Crippen molar-refractivity contribution in [2.24, 2.45) is 5.92 Å². The van der Waals surface area contributed by atoms with E-state index in [-0.39, 0.29) is 5.97 Å². The molecule has 0 unspecified atom stereocenters. The van der Waals surface area contributed by atoms with Crippen LogP contribution in [0.4, 0.5) is 0 Å². The molecule has 0 heterocycles. The van der Waals surface area contributed by atoms with Crippen molar-refractivity contribution in [3.05, 3.63) is 11.3 Å². The summed E-state index contributed by atoms with van der Waals surface area (Å²) in [7, 11) is 1.46. The summed E-state index contributed by atoms with van der Waals surface area (Å²) < 4.78 is 4.82. The van der Waals surface area contributed by atoms with E-state index in [4.69, 9.17) is 4.74 Å². The van der Waals surface area contributed by atoms with Crippen LogP contribution in [-0.2, 0) is 9.53 Å². The first-order chi connectivity index (χ1) is 8.31. The van der Waals surface area contributed by atoms with Crippen LogP contribution in [0.1, 0.15) is 51.4 Å². The average Bonchev–Trinajstić information content (AvgIpc) is 2.85. The van der Waals surface area contributed by atoms with Crippen molar-refractivity contribution in [3.63, 3.8) is 0 Å². The molecular weight excluding hydrogens is 214 g/mol. The Morgan fingerprint density at radius 2 is 2.00 bits per heavy atom. The fourth-order valence-corrected chi connectivity index (χ4v) is 2.95. The lowest BCUT2D eigenvalue weighted by Gasteiger charge is -2.22. The monoisotopic (exact) mass is 237 g/mol. The van der Waals surface area contributed by atoms with Crippen LogP contribution < -0.4 is 5.32 Å². The van der Waals surface area contributed by atoms with E-state index >= 15 is 0 Å². The normalized spacial score (nSPS) is 21.7. The quantitative estimate of drug-likeness (QED) is 0.764. The van der Waals surface area contributed by atoms with Gasteiger partial charge < -0.3 is 10.1 Å². The van der Waals surface area contributed by atoms with Gasteiger partial charge in [-0.1, -0.05) is 19.3 Å². The predicted octanol–water partition coefficient (Wildman–Crippen LogP) is 2.77. The van der Waals surface area contributed by atoms with E-state index in [1.165, 1.54) is 39.2 Å². The molecule has 0 aliphatic heterocycles. The van der Waals surface area contributed by atoms with Crippen molar-refractivity contribution >= 4 is 5.97 Å². The van der Waals surface area contributed by atoms with Crippen LogP contribution in [0.5, 0.6) is 0 Å². The maximum Gasteiger partial charge on any atom is 0.335 e. The second kappa shape index (κ2) is 6.08. The van der Waals surface area contributed by atoms with Crippen LogP contribution in [0.3, 0.4) is 0 Å². The zero-order valence-electron chi connectivity index (χ0n) is 10.8. The highest BCUT2D eigenvalue weighted by Crippen LogP contribution is 2.27. The van der Waals surface area contributed by atoms with Crippen LogP contribution in [0.25, 0.3) is 0 Å². The number of carbonyl (C=O) groups excluding carboxylic acids is 1. The lowest BCUT2D eigenvalue weighted by Crippen LogP contribution is -2.25. The van der Waals surface area contributed by atoms with Gasteiger partial charge in [-0.25, -0.2) is 4.79 Å². The summed E-state index contributed by atoms with van der Waals surface area (Å²) in [5.41, 5.74) is 2.02. The Morgan fingerprint density at radius 3 is 2.71 bits per heavy atom. The standard InChI is InChI=1S/C14H23NO2/c1-17-14(16)12-8-5-9-13(12)15-10-11-6-3-2-4-7-11/h11,15H,2-10H2,1H3. The van der Waals surface area contributed by atoms with Crippen LogP contribution in [-0.4, -0.2) is 19.6 Å². The van der Waals surface area contributed by atoms with Gasteiger partial charge in [0.15, 0.2) is 0 Å². The topological polar surface area (TPSA) is 38.3 Å². The third-order valence-corrected chi connectivity index (χ3v) is 3.98. The van der Waals surface area contributed by atoms with Gasteiger partial charge in [0.25, 0.3) is 0 Å². The van der Waals surface area contributed by atoms with Crippen molar-refractivity contribution in [1.29, 1.82) is 0 Å². The lowest BCUT2D eigenvalue weighted by atomic mass is 9.89. The average molecular weight is 237 g/mol. The molecule has 1 saturated carbocycles. The Balaban J connectivity index is 1.86. The van der Waals surface area contributed by atoms with E-state index in [1.54, 1.807) is 0 Å². The molecule has 96 valence electrons. The highest BCUT2D eigenvalue weighted by molar-refractivity contribution is 5.89. The first-order valence-corrected chi connectivity index (χ1v) is 6.85. The van der Waals surface area contributed by atoms with Gasteiger partial charge in [-0.3, -0.25) is 0 Å². The van der Waals surface area contributed by atoms with E-state index in [0.717, 1.165) is 43.0 Å². The summed E-state index contributed by atoms with van der Waals surface area (Å²) in [5, 5.41) is 3.50. The minimum absolute atomic E-state index is 0.145. The molecule has 0 spiro atoms.